The Morgan fingerprint density at radius 3 is 0.953 bits per heavy atom. The summed E-state index contributed by atoms with van der Waals surface area (Å²) in [4.78, 5) is 0. The molecule has 245 valence electrons. The van der Waals surface area contributed by atoms with Gasteiger partial charge in [0, 0.05) is 17.1 Å². The minimum atomic E-state index is 0. The normalized spacial score (nSPS) is 55.8. The monoisotopic (exact) mass is 641 g/mol. The molecule has 0 aromatic carbocycles. The SMILES string of the molecule is C=CC1CCCC2C3NC4NC(NC5NC(NC6NC(NC(N3)C12)C1CCCCC61)C1CCCCC51)C1CCCCC41.[Cu]. The largest absolute Gasteiger partial charge is 0.286 e. The summed E-state index contributed by atoms with van der Waals surface area (Å²) in [7, 11) is 0. The molecule has 0 spiro atoms. The van der Waals surface area contributed by atoms with Gasteiger partial charge in [-0.2, -0.15) is 0 Å². The van der Waals surface area contributed by atoms with Crippen molar-refractivity contribution in [2.75, 3.05) is 0 Å². The van der Waals surface area contributed by atoms with Gasteiger partial charge in [0.2, 0.25) is 0 Å². The summed E-state index contributed by atoms with van der Waals surface area (Å²) in [5.74, 6) is 6.20. The Morgan fingerprint density at radius 2 is 0.628 bits per heavy atom. The minimum absolute atomic E-state index is 0. The Morgan fingerprint density at radius 1 is 0.349 bits per heavy atom. The molecular formula is C34H58CuN8. The molecule has 17 atom stereocenters. The van der Waals surface area contributed by atoms with Crippen LogP contribution in [0.2, 0.25) is 0 Å². The van der Waals surface area contributed by atoms with Crippen LogP contribution in [-0.2, 0) is 17.1 Å². The quantitative estimate of drug-likeness (QED) is 0.164. The fourth-order valence-electron chi connectivity index (χ4n) is 12.4. The van der Waals surface area contributed by atoms with Crippen LogP contribution in [0.3, 0.4) is 0 Å². The summed E-state index contributed by atoms with van der Waals surface area (Å²) in [5.41, 5.74) is 0. The molecule has 43 heavy (non-hydrogen) atoms. The molecule has 5 saturated heterocycles. The molecule has 1 radical (unpaired) electrons. The standard InChI is InChI=1S/C34H58N8.Cu/c1-2-18-10-9-17-25-26(18)34-41-32-24-16-8-7-15-23(24)30(39-32)37-28-20-12-4-3-11-19(20)27(35-28)36-29-21-13-5-6-14-22(21)31(38-29)40-33(25)42-34;/h2,18-42H,1,3-17H2;. The third-order valence-electron chi connectivity index (χ3n) is 14.2. The van der Waals surface area contributed by atoms with Gasteiger partial charge in [0.15, 0.2) is 0 Å². The van der Waals surface area contributed by atoms with Crippen molar-refractivity contribution in [1.82, 2.24) is 42.5 Å². The van der Waals surface area contributed by atoms with E-state index in [9.17, 15) is 0 Å². The van der Waals surface area contributed by atoms with Crippen molar-refractivity contribution in [2.24, 2.45) is 53.3 Å². The van der Waals surface area contributed by atoms with Crippen LogP contribution in [0, 0.1) is 53.3 Å². The summed E-state index contributed by atoms with van der Waals surface area (Å²) in [6.45, 7) is 4.35. The third-order valence-corrected chi connectivity index (χ3v) is 14.2. The molecule has 9 aliphatic rings. The van der Waals surface area contributed by atoms with E-state index < -0.39 is 0 Å². The zero-order valence-corrected chi connectivity index (χ0v) is 26.9. The number of hydrogen-bond donors (Lipinski definition) is 8. The zero-order chi connectivity index (χ0) is 27.8. The second-order valence-electron chi connectivity index (χ2n) is 16.1. The van der Waals surface area contributed by atoms with Gasteiger partial charge in [0.1, 0.15) is 0 Å². The van der Waals surface area contributed by atoms with Gasteiger partial charge < -0.3 is 0 Å². The molecule has 9 heteroatoms. The Bertz CT molecular complexity index is 997. The Kier molecular flexibility index (Phi) is 8.82. The van der Waals surface area contributed by atoms with Crippen molar-refractivity contribution < 1.29 is 17.1 Å². The van der Waals surface area contributed by atoms with E-state index in [1.165, 1.54) is 96.3 Å². The third kappa shape index (κ3) is 5.24. The van der Waals surface area contributed by atoms with E-state index in [1.807, 2.05) is 0 Å². The maximum Gasteiger partial charge on any atom is 0.0634 e. The molecule has 8 nitrogen and oxygen atoms in total. The summed E-state index contributed by atoms with van der Waals surface area (Å²) in [6, 6.07) is 0. The fourth-order valence-corrected chi connectivity index (χ4v) is 12.4. The number of allylic oxidation sites excluding steroid dienone is 1. The molecule has 0 aromatic rings. The van der Waals surface area contributed by atoms with Crippen molar-refractivity contribution in [3.63, 3.8) is 0 Å². The van der Waals surface area contributed by atoms with Gasteiger partial charge in [0.05, 0.1) is 49.3 Å². The first-order valence-electron chi connectivity index (χ1n) is 18.5. The summed E-state index contributed by atoms with van der Waals surface area (Å²) in [5, 5.41) is 33.9. The van der Waals surface area contributed by atoms with Crippen LogP contribution in [0.4, 0.5) is 0 Å². The van der Waals surface area contributed by atoms with Crippen LogP contribution in [0.5, 0.6) is 0 Å². The smallest absolute Gasteiger partial charge is 0.0634 e. The van der Waals surface area contributed by atoms with Crippen molar-refractivity contribution >= 4 is 0 Å². The molecule has 8 N–H and O–H groups in total. The van der Waals surface area contributed by atoms with E-state index >= 15 is 0 Å². The first-order chi connectivity index (χ1) is 20.7. The zero-order valence-electron chi connectivity index (χ0n) is 26.0. The maximum absolute atomic E-state index is 4.35. The Labute approximate surface area is 270 Å². The molecule has 9 fully saturated rings. The number of hydrogen-bond acceptors (Lipinski definition) is 8. The van der Waals surface area contributed by atoms with E-state index in [2.05, 4.69) is 55.2 Å². The van der Waals surface area contributed by atoms with Gasteiger partial charge in [0.25, 0.3) is 0 Å². The van der Waals surface area contributed by atoms with Crippen molar-refractivity contribution in [3.8, 4) is 0 Å². The molecule has 0 aromatic heterocycles. The number of fused-ring (bicyclic) bond motifs is 20. The summed E-state index contributed by atoms with van der Waals surface area (Å²) >= 11 is 0. The van der Waals surface area contributed by atoms with Crippen molar-refractivity contribution in [1.29, 1.82) is 0 Å². The van der Waals surface area contributed by atoms with E-state index in [-0.39, 0.29) is 17.1 Å². The maximum atomic E-state index is 4.35. The summed E-state index contributed by atoms with van der Waals surface area (Å²) in [6.07, 6.45) is 25.8. The van der Waals surface area contributed by atoms with E-state index in [4.69, 9.17) is 0 Å². The first kappa shape index (κ1) is 30.3. The number of rotatable bonds is 1. The van der Waals surface area contributed by atoms with Gasteiger partial charge in [-0.05, 0) is 105 Å². The van der Waals surface area contributed by atoms with Gasteiger partial charge in [-0.1, -0.05) is 51.0 Å². The topological polar surface area (TPSA) is 96.2 Å². The van der Waals surface area contributed by atoms with Crippen LogP contribution < -0.4 is 42.5 Å². The predicted octanol–water partition coefficient (Wildman–Crippen LogP) is 3.02. The molecule has 4 saturated carbocycles. The molecule has 9 rings (SSSR count). The average Bonchev–Trinajstić information content (AvgIpc) is 3.76. The molecule has 8 bridgehead atoms. The number of nitrogens with one attached hydrogen (secondary N) is 8. The van der Waals surface area contributed by atoms with Gasteiger partial charge >= 0.3 is 0 Å². The van der Waals surface area contributed by atoms with Crippen molar-refractivity contribution in [3.05, 3.63) is 12.7 Å². The van der Waals surface area contributed by atoms with Crippen LogP contribution in [-0.4, -0.2) is 49.3 Å². The van der Waals surface area contributed by atoms with E-state index in [1.54, 1.807) is 0 Å². The first-order valence-corrected chi connectivity index (χ1v) is 18.5. The van der Waals surface area contributed by atoms with Crippen molar-refractivity contribution in [2.45, 2.75) is 146 Å². The molecule has 5 aliphatic heterocycles. The second kappa shape index (κ2) is 12.5. The van der Waals surface area contributed by atoms with E-state index in [0.29, 0.717) is 73.0 Å². The molecule has 0 amide bonds. The summed E-state index contributed by atoms with van der Waals surface area (Å²) < 4.78 is 0. The van der Waals surface area contributed by atoms with Gasteiger partial charge in [-0.25, -0.2) is 0 Å². The second-order valence-corrected chi connectivity index (χ2v) is 16.1. The average molecular weight is 642 g/mol. The van der Waals surface area contributed by atoms with Crippen LogP contribution in [0.25, 0.3) is 0 Å². The predicted molar refractivity (Wildman–Crippen MR) is 166 cm³/mol. The van der Waals surface area contributed by atoms with E-state index in [0.717, 1.165) is 29.6 Å². The molecule has 17 unspecified atom stereocenters. The van der Waals surface area contributed by atoms with Crippen LogP contribution >= 0.6 is 0 Å². The van der Waals surface area contributed by atoms with Gasteiger partial charge in [-0.15, -0.1) is 6.58 Å². The Hall–Kier alpha value is -0.0605. The fraction of sp³-hybridized carbons (Fsp3) is 0.941. The molecular weight excluding hydrogens is 584 g/mol. The molecule has 5 heterocycles. The molecule has 4 aliphatic carbocycles. The minimum Gasteiger partial charge on any atom is -0.286 e. The van der Waals surface area contributed by atoms with Crippen LogP contribution in [0.1, 0.15) is 96.3 Å². The van der Waals surface area contributed by atoms with Gasteiger partial charge in [-0.3, -0.25) is 42.5 Å². The Balaban J connectivity index is 0.00000278. The van der Waals surface area contributed by atoms with Crippen LogP contribution in [0.15, 0.2) is 12.7 Å².